The number of benzene rings is 7. The van der Waals surface area contributed by atoms with Gasteiger partial charge in [0.1, 0.15) is 0 Å². The maximum atomic E-state index is 3.62. The third kappa shape index (κ3) is 6.96. The summed E-state index contributed by atoms with van der Waals surface area (Å²) in [5, 5.41) is 10.8. The monoisotopic (exact) mass is 579 g/mol. The van der Waals surface area contributed by atoms with Crippen molar-refractivity contribution in [3.63, 3.8) is 0 Å². The lowest BCUT2D eigenvalue weighted by Gasteiger charge is -2.16. The zero-order valence-corrected chi connectivity index (χ0v) is 24.8. The van der Waals surface area contributed by atoms with Gasteiger partial charge in [-0.2, -0.15) is 0 Å². The molecule has 0 bridgehead atoms. The van der Waals surface area contributed by atoms with E-state index in [0.717, 1.165) is 34.1 Å². The minimum absolute atomic E-state index is 0.983. The van der Waals surface area contributed by atoms with E-state index in [4.69, 9.17) is 0 Å². The van der Waals surface area contributed by atoms with Crippen LogP contribution < -0.4 is 16.0 Å². The highest BCUT2D eigenvalue weighted by Crippen LogP contribution is 2.32. The molecule has 0 fully saturated rings. The molecule has 45 heavy (non-hydrogen) atoms. The van der Waals surface area contributed by atoms with Crippen LogP contribution in [0.4, 0.5) is 34.1 Å². The van der Waals surface area contributed by atoms with Crippen molar-refractivity contribution < 1.29 is 0 Å². The molecule has 0 saturated heterocycles. The highest BCUT2D eigenvalue weighted by Gasteiger charge is 2.06. The molecule has 0 aliphatic heterocycles. The molecule has 7 aromatic rings. The van der Waals surface area contributed by atoms with Gasteiger partial charge in [-0.25, -0.2) is 0 Å². The maximum absolute atomic E-state index is 3.62. The van der Waals surface area contributed by atoms with Gasteiger partial charge in [0.25, 0.3) is 0 Å². The van der Waals surface area contributed by atoms with Crippen LogP contribution in [0.5, 0.6) is 0 Å². The summed E-state index contributed by atoms with van der Waals surface area (Å²) in [6.07, 6.45) is 0. The average Bonchev–Trinajstić information content (AvgIpc) is 3.10. The normalized spacial score (nSPS) is 10.7. The molecule has 0 atom stereocenters. The van der Waals surface area contributed by atoms with E-state index in [1.165, 1.54) is 33.4 Å². The van der Waals surface area contributed by atoms with E-state index in [-0.39, 0.29) is 0 Å². The van der Waals surface area contributed by atoms with Crippen LogP contribution in [0.2, 0.25) is 0 Å². The fourth-order valence-corrected chi connectivity index (χ4v) is 5.47. The fourth-order valence-electron chi connectivity index (χ4n) is 5.47. The Labute approximate surface area is 264 Å². The minimum Gasteiger partial charge on any atom is -0.355 e. The van der Waals surface area contributed by atoms with Gasteiger partial charge in [0.2, 0.25) is 0 Å². The van der Waals surface area contributed by atoms with Crippen molar-refractivity contribution in [2.45, 2.75) is 0 Å². The van der Waals surface area contributed by atoms with E-state index in [0.29, 0.717) is 0 Å². The topological polar surface area (TPSA) is 36.1 Å². The Morgan fingerprint density at radius 2 is 0.422 bits per heavy atom. The van der Waals surface area contributed by atoms with E-state index in [9.17, 15) is 0 Å². The van der Waals surface area contributed by atoms with Crippen LogP contribution in [0, 0.1) is 0 Å². The van der Waals surface area contributed by atoms with Crippen molar-refractivity contribution in [2.75, 3.05) is 16.0 Å². The Morgan fingerprint density at radius 3 is 0.667 bits per heavy atom. The smallest absolute Gasteiger partial charge is 0.0425 e. The van der Waals surface area contributed by atoms with Gasteiger partial charge < -0.3 is 16.0 Å². The van der Waals surface area contributed by atoms with E-state index in [1.54, 1.807) is 0 Å². The molecular formula is C42H33N3. The quantitative estimate of drug-likeness (QED) is 0.159. The third-order valence-electron chi connectivity index (χ3n) is 7.78. The van der Waals surface area contributed by atoms with Gasteiger partial charge in [0, 0.05) is 34.1 Å². The molecule has 0 aliphatic carbocycles. The Bertz CT molecular complexity index is 1720. The van der Waals surface area contributed by atoms with Crippen molar-refractivity contribution in [3.8, 4) is 33.4 Å². The lowest BCUT2D eigenvalue weighted by molar-refractivity contribution is 1.48. The summed E-state index contributed by atoms with van der Waals surface area (Å²) in [4.78, 5) is 0. The van der Waals surface area contributed by atoms with E-state index < -0.39 is 0 Å². The van der Waals surface area contributed by atoms with Gasteiger partial charge >= 0.3 is 0 Å². The second-order valence-electron chi connectivity index (χ2n) is 11.0. The van der Waals surface area contributed by atoms with Crippen LogP contribution in [0.1, 0.15) is 0 Å². The highest BCUT2D eigenvalue weighted by molar-refractivity contribution is 5.78. The molecule has 0 spiro atoms. The first kappa shape index (κ1) is 27.8. The predicted molar refractivity (Wildman–Crippen MR) is 192 cm³/mol. The number of anilines is 6. The van der Waals surface area contributed by atoms with Crippen LogP contribution in [-0.4, -0.2) is 0 Å². The molecule has 3 heteroatoms. The molecule has 0 unspecified atom stereocenters. The van der Waals surface area contributed by atoms with Gasteiger partial charge in [-0.3, -0.25) is 0 Å². The Morgan fingerprint density at radius 1 is 0.200 bits per heavy atom. The molecule has 0 saturated carbocycles. The van der Waals surface area contributed by atoms with E-state index >= 15 is 0 Å². The van der Waals surface area contributed by atoms with Crippen LogP contribution in [0.15, 0.2) is 182 Å². The summed E-state index contributed by atoms with van der Waals surface area (Å²) < 4.78 is 0. The van der Waals surface area contributed by atoms with Crippen LogP contribution >= 0.6 is 0 Å². The third-order valence-corrected chi connectivity index (χ3v) is 7.78. The van der Waals surface area contributed by atoms with Gasteiger partial charge in [0.15, 0.2) is 0 Å². The Hall–Kier alpha value is -6.06. The summed E-state index contributed by atoms with van der Waals surface area (Å²) in [5.41, 5.74) is 13.2. The minimum atomic E-state index is 0.983. The lowest BCUT2D eigenvalue weighted by Crippen LogP contribution is -1.98. The molecule has 0 heterocycles. The first-order chi connectivity index (χ1) is 22.2. The molecular weight excluding hydrogens is 546 g/mol. The van der Waals surface area contributed by atoms with Crippen LogP contribution in [-0.2, 0) is 0 Å². The molecule has 216 valence electrons. The fraction of sp³-hybridized carbons (Fsp3) is 0. The highest BCUT2D eigenvalue weighted by atomic mass is 14.9. The first-order valence-corrected chi connectivity index (χ1v) is 15.2. The SMILES string of the molecule is c1ccc(-c2ccc(Nc3cc(Nc4ccc(-c5ccccc5)cc4)cc(Nc4ccc(-c5ccccc5)cc4)c3)cc2)cc1. The lowest BCUT2D eigenvalue weighted by atomic mass is 10.1. The van der Waals surface area contributed by atoms with Crippen molar-refractivity contribution in [1.29, 1.82) is 0 Å². The number of rotatable bonds is 9. The van der Waals surface area contributed by atoms with Crippen LogP contribution in [0.3, 0.4) is 0 Å². The van der Waals surface area contributed by atoms with Gasteiger partial charge in [-0.15, -0.1) is 0 Å². The molecule has 7 aromatic carbocycles. The molecule has 0 aliphatic rings. The van der Waals surface area contributed by atoms with Crippen molar-refractivity contribution in [1.82, 2.24) is 0 Å². The number of hydrogen-bond acceptors (Lipinski definition) is 3. The average molecular weight is 580 g/mol. The molecule has 7 rings (SSSR count). The molecule has 3 N–H and O–H groups in total. The van der Waals surface area contributed by atoms with Crippen molar-refractivity contribution in [2.24, 2.45) is 0 Å². The molecule has 0 radical (unpaired) electrons. The summed E-state index contributed by atoms with van der Waals surface area (Å²) in [5.74, 6) is 0. The van der Waals surface area contributed by atoms with E-state index in [2.05, 4.69) is 180 Å². The molecule has 0 amide bonds. The van der Waals surface area contributed by atoms with Crippen molar-refractivity contribution >= 4 is 34.1 Å². The van der Waals surface area contributed by atoms with Gasteiger partial charge in [-0.1, -0.05) is 127 Å². The summed E-state index contributed by atoms with van der Waals surface area (Å²) in [6.45, 7) is 0. The summed E-state index contributed by atoms with van der Waals surface area (Å²) in [6, 6.07) is 63.4. The van der Waals surface area contributed by atoms with Gasteiger partial charge in [0.05, 0.1) is 0 Å². The zero-order chi connectivity index (χ0) is 30.3. The number of nitrogens with one attached hydrogen (secondary N) is 3. The first-order valence-electron chi connectivity index (χ1n) is 15.2. The standard InChI is InChI=1S/C42H33N3/c1-4-10-31(11-5-1)34-16-22-37(23-17-34)43-40-28-41(44-38-24-18-35(19-25-38)32-12-6-2-7-13-32)30-42(29-40)45-39-26-20-36(21-27-39)33-14-8-3-9-15-33/h1-30,43-45H. The van der Waals surface area contributed by atoms with Gasteiger partial charge in [-0.05, 0) is 88.0 Å². The second kappa shape index (κ2) is 13.1. The number of hydrogen-bond donors (Lipinski definition) is 3. The van der Waals surface area contributed by atoms with Crippen LogP contribution in [0.25, 0.3) is 33.4 Å². The van der Waals surface area contributed by atoms with Crippen molar-refractivity contribution in [3.05, 3.63) is 182 Å². The Kier molecular flexibility index (Phi) is 8.06. The molecule has 3 nitrogen and oxygen atoms in total. The summed E-state index contributed by atoms with van der Waals surface area (Å²) >= 11 is 0. The molecule has 0 aromatic heterocycles. The zero-order valence-electron chi connectivity index (χ0n) is 24.8. The second-order valence-corrected chi connectivity index (χ2v) is 11.0. The van der Waals surface area contributed by atoms with E-state index in [1.807, 2.05) is 18.2 Å². The summed E-state index contributed by atoms with van der Waals surface area (Å²) in [7, 11) is 0. The maximum Gasteiger partial charge on any atom is 0.0425 e. The Balaban J connectivity index is 1.15. The predicted octanol–water partition coefficient (Wildman–Crippen LogP) is 11.9. The largest absolute Gasteiger partial charge is 0.355 e.